The Balaban J connectivity index is 2.90. The van der Waals surface area contributed by atoms with Crippen molar-refractivity contribution in [3.8, 4) is 0 Å². The van der Waals surface area contributed by atoms with E-state index in [-0.39, 0.29) is 31.0 Å². The number of aliphatic carboxylic acids is 1. The Kier molecular flexibility index (Phi) is 6.74. The standard InChI is InChI=1S/C16H19F4NO3/c1-10(2)9-21(8-7-13(22)23)15(24)14(17)11-3-5-12(6-4-11)16(18,19)20/h3-6,10,14H,7-9H2,1-2H3,(H,22,23). The van der Waals surface area contributed by atoms with Crippen LogP contribution in [0.25, 0.3) is 0 Å². The summed E-state index contributed by atoms with van der Waals surface area (Å²) in [6.07, 6.45) is -7.02. The van der Waals surface area contributed by atoms with Crippen LogP contribution in [0.2, 0.25) is 0 Å². The average Bonchev–Trinajstić information content (AvgIpc) is 2.48. The fourth-order valence-electron chi connectivity index (χ4n) is 2.11. The Morgan fingerprint density at radius 3 is 2.12 bits per heavy atom. The molecule has 1 aromatic carbocycles. The number of hydrogen-bond acceptors (Lipinski definition) is 2. The zero-order chi connectivity index (χ0) is 18.5. The van der Waals surface area contributed by atoms with E-state index in [0.29, 0.717) is 12.1 Å². The fourth-order valence-corrected chi connectivity index (χ4v) is 2.11. The molecule has 1 amide bonds. The molecule has 1 aromatic rings. The molecule has 1 N–H and O–H groups in total. The molecule has 0 saturated heterocycles. The number of nitrogens with zero attached hydrogens (tertiary/aromatic N) is 1. The van der Waals surface area contributed by atoms with Gasteiger partial charge in [0.05, 0.1) is 12.0 Å². The first-order valence-corrected chi connectivity index (χ1v) is 7.34. The van der Waals surface area contributed by atoms with E-state index < -0.39 is 29.8 Å². The van der Waals surface area contributed by atoms with Gasteiger partial charge in [0.15, 0.2) is 0 Å². The third-order valence-corrected chi connectivity index (χ3v) is 3.24. The highest BCUT2D eigenvalue weighted by molar-refractivity contribution is 5.82. The summed E-state index contributed by atoms with van der Waals surface area (Å²) in [5.74, 6) is -2.09. The number of amides is 1. The molecular formula is C16H19F4NO3. The van der Waals surface area contributed by atoms with E-state index in [4.69, 9.17) is 5.11 Å². The van der Waals surface area contributed by atoms with Crippen molar-refractivity contribution >= 4 is 11.9 Å². The van der Waals surface area contributed by atoms with Crippen LogP contribution >= 0.6 is 0 Å². The zero-order valence-corrected chi connectivity index (χ0v) is 13.3. The summed E-state index contributed by atoms with van der Waals surface area (Å²) in [7, 11) is 0. The molecule has 0 saturated carbocycles. The van der Waals surface area contributed by atoms with Crippen LogP contribution in [-0.4, -0.2) is 35.0 Å². The predicted molar refractivity (Wildman–Crippen MR) is 79.0 cm³/mol. The second-order valence-corrected chi connectivity index (χ2v) is 5.80. The van der Waals surface area contributed by atoms with E-state index in [1.165, 1.54) is 0 Å². The molecule has 1 rings (SSSR count). The number of alkyl halides is 4. The van der Waals surface area contributed by atoms with Gasteiger partial charge in [0.2, 0.25) is 6.17 Å². The third-order valence-electron chi connectivity index (χ3n) is 3.24. The van der Waals surface area contributed by atoms with Crippen LogP contribution in [0.15, 0.2) is 24.3 Å². The number of halogens is 4. The quantitative estimate of drug-likeness (QED) is 0.764. The summed E-state index contributed by atoms with van der Waals surface area (Å²) in [4.78, 5) is 23.9. The Bertz CT molecular complexity index is 570. The van der Waals surface area contributed by atoms with E-state index >= 15 is 0 Å². The van der Waals surface area contributed by atoms with Crippen LogP contribution < -0.4 is 0 Å². The van der Waals surface area contributed by atoms with Crippen LogP contribution in [0, 0.1) is 5.92 Å². The SMILES string of the molecule is CC(C)CN(CCC(=O)O)C(=O)C(F)c1ccc(C(F)(F)F)cc1. The summed E-state index contributed by atoms with van der Waals surface area (Å²) in [5, 5.41) is 8.70. The van der Waals surface area contributed by atoms with E-state index in [0.717, 1.165) is 17.0 Å². The normalized spacial score (nSPS) is 13.0. The van der Waals surface area contributed by atoms with Gasteiger partial charge in [-0.15, -0.1) is 0 Å². The largest absolute Gasteiger partial charge is 0.481 e. The minimum Gasteiger partial charge on any atom is -0.481 e. The van der Waals surface area contributed by atoms with E-state index in [9.17, 15) is 27.2 Å². The molecule has 0 aliphatic carbocycles. The third kappa shape index (κ3) is 5.82. The molecule has 0 fully saturated rings. The fraction of sp³-hybridized carbons (Fsp3) is 0.500. The Morgan fingerprint density at radius 1 is 1.17 bits per heavy atom. The number of carbonyl (C=O) groups is 2. The maximum Gasteiger partial charge on any atom is 0.416 e. The number of benzene rings is 1. The lowest BCUT2D eigenvalue weighted by Crippen LogP contribution is -2.38. The lowest BCUT2D eigenvalue weighted by atomic mass is 10.1. The molecule has 0 spiro atoms. The minimum atomic E-state index is -4.54. The Hall–Kier alpha value is -2.12. The topological polar surface area (TPSA) is 57.6 Å². The van der Waals surface area contributed by atoms with Gasteiger partial charge in [-0.2, -0.15) is 13.2 Å². The first-order chi connectivity index (χ1) is 11.0. The van der Waals surface area contributed by atoms with Gasteiger partial charge in [-0.1, -0.05) is 26.0 Å². The highest BCUT2D eigenvalue weighted by Gasteiger charge is 2.31. The van der Waals surface area contributed by atoms with Gasteiger partial charge in [-0.25, -0.2) is 4.39 Å². The number of carboxylic acids is 1. The van der Waals surface area contributed by atoms with Crippen molar-refractivity contribution in [2.24, 2.45) is 5.92 Å². The molecular weight excluding hydrogens is 330 g/mol. The molecule has 134 valence electrons. The molecule has 0 aliphatic rings. The van der Waals surface area contributed by atoms with Crippen molar-refractivity contribution in [1.82, 2.24) is 4.90 Å². The second-order valence-electron chi connectivity index (χ2n) is 5.80. The molecule has 24 heavy (non-hydrogen) atoms. The summed E-state index contributed by atoms with van der Waals surface area (Å²) < 4.78 is 51.9. The smallest absolute Gasteiger partial charge is 0.416 e. The molecule has 0 aromatic heterocycles. The van der Waals surface area contributed by atoms with Gasteiger partial charge in [0.25, 0.3) is 5.91 Å². The maximum absolute atomic E-state index is 14.4. The average molecular weight is 349 g/mol. The van der Waals surface area contributed by atoms with Crippen molar-refractivity contribution in [1.29, 1.82) is 0 Å². The van der Waals surface area contributed by atoms with Gasteiger partial charge in [0.1, 0.15) is 0 Å². The second kappa shape index (κ2) is 8.12. The van der Waals surface area contributed by atoms with Gasteiger partial charge >= 0.3 is 12.1 Å². The summed E-state index contributed by atoms with van der Waals surface area (Å²) in [5.41, 5.74) is -1.13. The van der Waals surface area contributed by atoms with Crippen molar-refractivity contribution in [3.63, 3.8) is 0 Å². The van der Waals surface area contributed by atoms with Gasteiger partial charge in [0, 0.05) is 13.1 Å². The first-order valence-electron chi connectivity index (χ1n) is 7.34. The molecule has 1 atom stereocenters. The zero-order valence-electron chi connectivity index (χ0n) is 13.3. The van der Waals surface area contributed by atoms with Crippen molar-refractivity contribution in [2.75, 3.05) is 13.1 Å². The lowest BCUT2D eigenvalue weighted by Gasteiger charge is -2.25. The van der Waals surface area contributed by atoms with Gasteiger partial charge in [-0.05, 0) is 23.6 Å². The summed E-state index contributed by atoms with van der Waals surface area (Å²) >= 11 is 0. The van der Waals surface area contributed by atoms with Crippen molar-refractivity contribution < 1.29 is 32.3 Å². The molecule has 0 aliphatic heterocycles. The Morgan fingerprint density at radius 2 is 1.71 bits per heavy atom. The Labute approximate surface area is 137 Å². The van der Waals surface area contributed by atoms with Crippen LogP contribution in [0.5, 0.6) is 0 Å². The molecule has 0 bridgehead atoms. The maximum atomic E-state index is 14.4. The van der Waals surface area contributed by atoms with E-state index in [1.54, 1.807) is 13.8 Å². The van der Waals surface area contributed by atoms with Crippen LogP contribution in [0.3, 0.4) is 0 Å². The van der Waals surface area contributed by atoms with Gasteiger partial charge < -0.3 is 10.0 Å². The molecule has 4 nitrogen and oxygen atoms in total. The van der Waals surface area contributed by atoms with Crippen LogP contribution in [-0.2, 0) is 15.8 Å². The number of hydrogen-bond donors (Lipinski definition) is 1. The minimum absolute atomic E-state index is 0.0115. The lowest BCUT2D eigenvalue weighted by molar-refractivity contribution is -0.141. The number of carboxylic acid groups (broad SMARTS) is 1. The van der Waals surface area contributed by atoms with Crippen LogP contribution in [0.1, 0.15) is 37.6 Å². The monoisotopic (exact) mass is 349 g/mol. The predicted octanol–water partition coefficient (Wildman–Crippen LogP) is 3.68. The number of rotatable bonds is 7. The first kappa shape index (κ1) is 19.9. The molecule has 8 heteroatoms. The van der Waals surface area contributed by atoms with Gasteiger partial charge in [-0.3, -0.25) is 9.59 Å². The van der Waals surface area contributed by atoms with E-state index in [2.05, 4.69) is 0 Å². The highest BCUT2D eigenvalue weighted by atomic mass is 19.4. The molecule has 1 unspecified atom stereocenters. The molecule has 0 radical (unpaired) electrons. The van der Waals surface area contributed by atoms with Crippen molar-refractivity contribution in [2.45, 2.75) is 32.6 Å². The van der Waals surface area contributed by atoms with Crippen LogP contribution in [0.4, 0.5) is 17.6 Å². The van der Waals surface area contributed by atoms with Crippen molar-refractivity contribution in [3.05, 3.63) is 35.4 Å². The van der Waals surface area contributed by atoms with E-state index in [1.807, 2.05) is 0 Å². The highest BCUT2D eigenvalue weighted by Crippen LogP contribution is 2.30. The summed E-state index contributed by atoms with van der Waals surface area (Å²) in [6.45, 7) is 3.57. The number of carbonyl (C=O) groups excluding carboxylic acids is 1. The molecule has 0 heterocycles. The summed E-state index contributed by atoms with van der Waals surface area (Å²) in [6, 6.07) is 3.24.